The van der Waals surface area contributed by atoms with Crippen LogP contribution in [-0.4, -0.2) is 51.7 Å². The van der Waals surface area contributed by atoms with Gasteiger partial charge in [0.15, 0.2) is 5.56 Å². The van der Waals surface area contributed by atoms with Crippen LogP contribution in [0.2, 0.25) is 0 Å². The molecule has 0 fully saturated rings. The lowest BCUT2D eigenvalue weighted by atomic mass is 10.0. The van der Waals surface area contributed by atoms with Crippen molar-refractivity contribution >= 4 is 16.9 Å². The molecule has 0 saturated carbocycles. The summed E-state index contributed by atoms with van der Waals surface area (Å²) in [5, 5.41) is 20.2. The molecular formula is C19H21N3O4. The van der Waals surface area contributed by atoms with Gasteiger partial charge in [0.1, 0.15) is 5.75 Å². The maximum absolute atomic E-state index is 12.0. The van der Waals surface area contributed by atoms with Crippen molar-refractivity contribution in [2.75, 3.05) is 20.6 Å². The predicted molar refractivity (Wildman–Crippen MR) is 100.0 cm³/mol. The number of aromatic hydroxyl groups is 1. The van der Waals surface area contributed by atoms with Crippen LogP contribution < -0.4 is 5.56 Å². The Morgan fingerprint density at radius 1 is 1.19 bits per heavy atom. The number of nitrogens with one attached hydrogen (secondary N) is 2. The zero-order chi connectivity index (χ0) is 19.0. The Kier molecular flexibility index (Phi) is 4.56. The molecule has 7 nitrogen and oxygen atoms in total. The van der Waals surface area contributed by atoms with Crippen molar-refractivity contribution in [3.05, 3.63) is 51.4 Å². The van der Waals surface area contributed by atoms with Crippen LogP contribution in [0.15, 0.2) is 29.1 Å². The van der Waals surface area contributed by atoms with Crippen molar-refractivity contribution < 1.29 is 15.0 Å². The van der Waals surface area contributed by atoms with Crippen LogP contribution in [0.1, 0.15) is 21.6 Å². The number of carboxylic acid groups (broad SMARTS) is 1. The third-order valence-corrected chi connectivity index (χ3v) is 4.44. The van der Waals surface area contributed by atoms with Crippen molar-refractivity contribution in [2.24, 2.45) is 0 Å². The third-order valence-electron chi connectivity index (χ3n) is 4.44. The highest BCUT2D eigenvalue weighted by atomic mass is 16.4. The van der Waals surface area contributed by atoms with E-state index in [2.05, 4.69) is 20.9 Å². The van der Waals surface area contributed by atoms with Gasteiger partial charge in [-0.2, -0.15) is 0 Å². The third kappa shape index (κ3) is 3.21. The van der Waals surface area contributed by atoms with Gasteiger partial charge in [0.05, 0.1) is 5.69 Å². The topological polar surface area (TPSA) is 109 Å². The molecule has 0 bridgehead atoms. The minimum atomic E-state index is -1.45. The van der Waals surface area contributed by atoms with Crippen LogP contribution in [0.25, 0.3) is 22.2 Å². The smallest absolute Gasteiger partial charge is 0.345 e. The van der Waals surface area contributed by atoms with Gasteiger partial charge >= 0.3 is 5.97 Å². The molecule has 0 atom stereocenters. The number of hydrogen-bond acceptors (Lipinski definition) is 4. The van der Waals surface area contributed by atoms with Crippen molar-refractivity contribution in [2.45, 2.75) is 13.3 Å². The molecule has 0 saturated heterocycles. The molecule has 0 unspecified atom stereocenters. The van der Waals surface area contributed by atoms with Gasteiger partial charge in [-0.05, 0) is 44.8 Å². The summed E-state index contributed by atoms with van der Waals surface area (Å²) in [4.78, 5) is 31.2. The molecule has 0 amide bonds. The number of carbonyl (C=O) groups is 1. The van der Waals surface area contributed by atoms with Gasteiger partial charge in [-0.15, -0.1) is 0 Å². The van der Waals surface area contributed by atoms with Gasteiger partial charge < -0.3 is 25.1 Å². The molecule has 4 N–H and O–H groups in total. The van der Waals surface area contributed by atoms with E-state index in [0.717, 1.165) is 29.6 Å². The lowest BCUT2D eigenvalue weighted by Crippen LogP contribution is -2.19. The van der Waals surface area contributed by atoms with E-state index in [-0.39, 0.29) is 0 Å². The minimum Gasteiger partial charge on any atom is -0.506 e. The van der Waals surface area contributed by atoms with Crippen LogP contribution in [0.3, 0.4) is 0 Å². The number of H-pyrrole nitrogens is 2. The lowest BCUT2D eigenvalue weighted by Gasteiger charge is -2.10. The lowest BCUT2D eigenvalue weighted by molar-refractivity contribution is 0.0691. The summed E-state index contributed by atoms with van der Waals surface area (Å²) in [7, 11) is 4.04. The maximum atomic E-state index is 12.0. The summed E-state index contributed by atoms with van der Waals surface area (Å²) in [6.07, 6.45) is 0.890. The van der Waals surface area contributed by atoms with Gasteiger partial charge in [0.2, 0.25) is 0 Å². The quantitative estimate of drug-likeness (QED) is 0.562. The van der Waals surface area contributed by atoms with Gasteiger partial charge in [-0.25, -0.2) is 4.79 Å². The average molecular weight is 355 g/mol. The fraction of sp³-hybridized carbons (Fsp3) is 0.263. The second-order valence-electron chi connectivity index (χ2n) is 6.63. The molecule has 0 aliphatic carbocycles. The summed E-state index contributed by atoms with van der Waals surface area (Å²) < 4.78 is 0. The molecule has 2 aromatic heterocycles. The molecule has 3 rings (SSSR count). The first kappa shape index (κ1) is 17.8. The van der Waals surface area contributed by atoms with Crippen molar-refractivity contribution in [3.63, 3.8) is 0 Å². The van der Waals surface area contributed by atoms with Crippen LogP contribution in [0, 0.1) is 6.92 Å². The van der Waals surface area contributed by atoms with E-state index in [1.54, 1.807) is 6.92 Å². The number of rotatable bonds is 5. The van der Waals surface area contributed by atoms with Gasteiger partial charge in [0, 0.05) is 35.1 Å². The molecule has 26 heavy (non-hydrogen) atoms. The molecule has 0 radical (unpaired) electrons. The van der Waals surface area contributed by atoms with Crippen LogP contribution in [0.4, 0.5) is 0 Å². The highest BCUT2D eigenvalue weighted by molar-refractivity contribution is 5.92. The second-order valence-corrected chi connectivity index (χ2v) is 6.63. The van der Waals surface area contributed by atoms with Gasteiger partial charge in [0.25, 0.3) is 5.56 Å². The number of aromatic amines is 2. The molecule has 0 spiro atoms. The van der Waals surface area contributed by atoms with Crippen LogP contribution in [0.5, 0.6) is 5.75 Å². The number of pyridine rings is 1. The number of likely N-dealkylation sites (N-methyl/N-ethyl adjacent to an activating group) is 1. The summed E-state index contributed by atoms with van der Waals surface area (Å²) in [6, 6.07) is 7.70. The van der Waals surface area contributed by atoms with E-state index in [1.807, 2.05) is 32.3 Å². The first-order valence-corrected chi connectivity index (χ1v) is 8.24. The van der Waals surface area contributed by atoms with E-state index in [0.29, 0.717) is 16.8 Å². The fourth-order valence-electron chi connectivity index (χ4n) is 3.00. The Morgan fingerprint density at radius 2 is 1.92 bits per heavy atom. The number of carboxylic acids is 1. The van der Waals surface area contributed by atoms with Crippen molar-refractivity contribution in [3.8, 4) is 17.0 Å². The number of aromatic nitrogens is 2. The number of nitrogens with zero attached hydrogens (tertiary/aromatic N) is 1. The van der Waals surface area contributed by atoms with Gasteiger partial charge in [-0.1, -0.05) is 6.07 Å². The zero-order valence-electron chi connectivity index (χ0n) is 14.9. The maximum Gasteiger partial charge on any atom is 0.345 e. The predicted octanol–water partition coefficient (Wildman–Crippen LogP) is 2.34. The molecule has 1 aromatic carbocycles. The van der Waals surface area contributed by atoms with Crippen LogP contribution in [-0.2, 0) is 6.42 Å². The van der Waals surface area contributed by atoms with Crippen molar-refractivity contribution in [1.82, 2.24) is 14.9 Å². The number of fused-ring (bicyclic) bond motifs is 1. The first-order valence-electron chi connectivity index (χ1n) is 8.24. The summed E-state index contributed by atoms with van der Waals surface area (Å²) in [6.45, 7) is 2.51. The molecule has 0 aliphatic heterocycles. The summed E-state index contributed by atoms with van der Waals surface area (Å²) >= 11 is 0. The second kappa shape index (κ2) is 6.68. The van der Waals surface area contributed by atoms with E-state index in [9.17, 15) is 14.7 Å². The minimum absolute atomic E-state index is 0.324. The SMILES string of the molecule is Cc1c(-c2ccc3[nH]c(CCN(C)C)cc3c2)[nH]c(=O)c(C(=O)O)c1O. The Labute approximate surface area is 149 Å². The van der Waals surface area contributed by atoms with E-state index >= 15 is 0 Å². The fourth-order valence-corrected chi connectivity index (χ4v) is 3.00. The van der Waals surface area contributed by atoms with E-state index in [4.69, 9.17) is 5.11 Å². The van der Waals surface area contributed by atoms with Crippen molar-refractivity contribution in [1.29, 1.82) is 0 Å². The summed E-state index contributed by atoms with van der Waals surface area (Å²) in [5.74, 6) is -1.96. The molecule has 0 aliphatic rings. The summed E-state index contributed by atoms with van der Waals surface area (Å²) in [5.41, 5.74) is 2.07. The van der Waals surface area contributed by atoms with E-state index in [1.165, 1.54) is 0 Å². The molecule has 2 heterocycles. The number of aromatic carboxylic acids is 1. The Hall–Kier alpha value is -3.06. The Morgan fingerprint density at radius 3 is 2.58 bits per heavy atom. The monoisotopic (exact) mass is 355 g/mol. The highest BCUT2D eigenvalue weighted by Crippen LogP contribution is 2.30. The highest BCUT2D eigenvalue weighted by Gasteiger charge is 2.20. The van der Waals surface area contributed by atoms with E-state index < -0.39 is 22.8 Å². The Bertz CT molecular complexity index is 1050. The molecular weight excluding hydrogens is 334 g/mol. The first-order chi connectivity index (χ1) is 12.3. The molecule has 3 aromatic rings. The molecule has 7 heteroatoms. The van der Waals surface area contributed by atoms with Crippen LogP contribution >= 0.6 is 0 Å². The standard InChI is InChI=1S/C19H21N3O4/c1-10-16(21-18(24)15(17(10)23)19(25)26)11-4-5-14-12(8-11)9-13(20-14)6-7-22(2)3/h4-5,8-9,20H,6-7H2,1-3H3,(H,25,26)(H2,21,23,24). The number of hydrogen-bond donors (Lipinski definition) is 4. The Balaban J connectivity index is 2.06. The normalized spacial score (nSPS) is 11.4. The average Bonchev–Trinajstić information content (AvgIpc) is 2.98. The molecule has 136 valence electrons. The number of benzene rings is 1. The largest absolute Gasteiger partial charge is 0.506 e. The zero-order valence-corrected chi connectivity index (χ0v) is 14.9. The van der Waals surface area contributed by atoms with Gasteiger partial charge in [-0.3, -0.25) is 4.79 Å².